The molecule has 0 radical (unpaired) electrons. The first-order chi connectivity index (χ1) is 16.5. The zero-order valence-corrected chi connectivity index (χ0v) is 19.8. The fraction of sp³-hybridized carbons (Fsp3) is 0.217. The van der Waals surface area contributed by atoms with E-state index in [1.807, 2.05) is 0 Å². The number of sulfonamides is 1. The molecule has 0 atom stereocenters. The van der Waals surface area contributed by atoms with E-state index in [1.54, 1.807) is 25.1 Å². The molecule has 4 rings (SSSR count). The zero-order valence-electron chi connectivity index (χ0n) is 18.2. The van der Waals surface area contributed by atoms with E-state index >= 15 is 0 Å². The number of nitrogens with zero attached hydrogens (tertiary/aromatic N) is 1. The Morgan fingerprint density at radius 2 is 1.83 bits per heavy atom. The van der Waals surface area contributed by atoms with Gasteiger partial charge in [-0.2, -0.15) is 31.5 Å². The van der Waals surface area contributed by atoms with Gasteiger partial charge in [-0.15, -0.1) is 0 Å². The van der Waals surface area contributed by atoms with Crippen LogP contribution < -0.4 is 10.1 Å². The number of nitrogens with one attached hydrogen (secondary N) is 2. The van der Waals surface area contributed by atoms with E-state index in [4.69, 9.17) is 16.0 Å². The zero-order chi connectivity index (χ0) is 25.4. The Hall–Kier alpha value is -3.31. The fourth-order valence-corrected chi connectivity index (χ4v) is 4.76. The van der Waals surface area contributed by atoms with Crippen LogP contribution in [0.25, 0.3) is 0 Å². The number of rotatable bonds is 5. The second kappa shape index (κ2) is 9.38. The monoisotopic (exact) mass is 525 g/mol. The second-order valence-electron chi connectivity index (χ2n) is 7.82. The number of aryl methyl sites for hydroxylation is 1. The third-order valence-electron chi connectivity index (χ3n) is 5.43. The smallest absolute Gasteiger partial charge is 0.416 e. The molecular formula is C23H19ClF3N3O4S. The molecule has 35 heavy (non-hydrogen) atoms. The molecule has 12 heteroatoms. The van der Waals surface area contributed by atoms with Crippen molar-refractivity contribution in [2.45, 2.75) is 37.3 Å². The number of hydrogen-bond donors (Lipinski definition) is 2. The van der Waals surface area contributed by atoms with E-state index in [9.17, 15) is 26.4 Å². The largest absolute Gasteiger partial charge is 0.455 e. The van der Waals surface area contributed by atoms with Crippen LogP contribution in [0.15, 0.2) is 62.9 Å². The molecule has 0 saturated carbocycles. The molecular weight excluding hydrogens is 507 g/mol. The summed E-state index contributed by atoms with van der Waals surface area (Å²) in [6, 6.07) is 10.3. The van der Waals surface area contributed by atoms with Crippen molar-refractivity contribution in [1.29, 1.82) is 0 Å². The van der Waals surface area contributed by atoms with E-state index in [1.165, 1.54) is 12.1 Å². The Balaban J connectivity index is 1.62. The molecule has 184 valence electrons. The Morgan fingerprint density at radius 3 is 2.51 bits per heavy atom. The standard InChI is InChI=1S/C23H19ClF3N3O4S/c1-13-20-17(29-30-35(32,33)15-6-3-2-4-7-15)8-5-9-19(20)34-21(13)22(31)28-18-12-14(23(25,26)27)10-11-16(18)24/h2-4,6-7,10-12,30H,5,8-9H2,1H3,(H,28,31)/b29-17+. The van der Waals surface area contributed by atoms with Gasteiger partial charge in [0.2, 0.25) is 0 Å². The number of fused-ring (bicyclic) bond motifs is 1. The van der Waals surface area contributed by atoms with E-state index in [0.29, 0.717) is 41.9 Å². The average molecular weight is 526 g/mol. The number of amides is 1. The maximum atomic E-state index is 13.1. The maximum absolute atomic E-state index is 13.1. The number of furan rings is 1. The van der Waals surface area contributed by atoms with Gasteiger partial charge in [-0.3, -0.25) is 4.79 Å². The van der Waals surface area contributed by atoms with E-state index in [0.717, 1.165) is 18.2 Å². The van der Waals surface area contributed by atoms with Crippen LogP contribution >= 0.6 is 11.6 Å². The third-order valence-corrected chi connectivity index (χ3v) is 6.98. The van der Waals surface area contributed by atoms with Crippen LogP contribution in [0, 0.1) is 6.92 Å². The minimum absolute atomic E-state index is 0.0438. The van der Waals surface area contributed by atoms with Gasteiger partial charge < -0.3 is 9.73 Å². The quantitative estimate of drug-likeness (QED) is 0.428. The molecule has 1 aliphatic rings. The van der Waals surface area contributed by atoms with E-state index < -0.39 is 27.7 Å². The molecule has 0 spiro atoms. The number of benzene rings is 2. The molecule has 0 unspecified atom stereocenters. The number of anilines is 1. The highest BCUT2D eigenvalue weighted by atomic mass is 35.5. The van der Waals surface area contributed by atoms with Crippen LogP contribution in [-0.4, -0.2) is 20.0 Å². The number of alkyl halides is 3. The summed E-state index contributed by atoms with van der Waals surface area (Å²) in [7, 11) is -3.90. The van der Waals surface area contributed by atoms with Crippen LogP contribution in [-0.2, 0) is 22.6 Å². The van der Waals surface area contributed by atoms with Crippen molar-refractivity contribution in [2.24, 2.45) is 5.10 Å². The summed E-state index contributed by atoms with van der Waals surface area (Å²) < 4.78 is 69.9. The van der Waals surface area contributed by atoms with Gasteiger partial charge in [0.15, 0.2) is 5.76 Å². The highest BCUT2D eigenvalue weighted by Gasteiger charge is 2.32. The van der Waals surface area contributed by atoms with Crippen molar-refractivity contribution in [3.05, 3.63) is 81.8 Å². The van der Waals surface area contributed by atoms with Crippen LogP contribution in [0.5, 0.6) is 0 Å². The first-order valence-corrected chi connectivity index (χ1v) is 12.3. The lowest BCUT2D eigenvalue weighted by Crippen LogP contribution is -2.22. The third kappa shape index (κ3) is 5.20. The highest BCUT2D eigenvalue weighted by molar-refractivity contribution is 7.89. The number of hydrazone groups is 1. The first kappa shape index (κ1) is 24.8. The first-order valence-electron chi connectivity index (χ1n) is 10.4. The molecule has 1 heterocycles. The summed E-state index contributed by atoms with van der Waals surface area (Å²) in [5.41, 5.74) is 0.0889. The van der Waals surface area contributed by atoms with Gasteiger partial charge in [0.25, 0.3) is 15.9 Å². The summed E-state index contributed by atoms with van der Waals surface area (Å²) in [6.07, 6.45) is -3.09. The topological polar surface area (TPSA) is 101 Å². The molecule has 0 fully saturated rings. The van der Waals surface area contributed by atoms with Gasteiger partial charge in [0.05, 0.1) is 26.9 Å². The van der Waals surface area contributed by atoms with E-state index in [2.05, 4.69) is 15.2 Å². The normalized spacial score (nSPS) is 15.1. The van der Waals surface area contributed by atoms with Crippen molar-refractivity contribution in [3.8, 4) is 0 Å². The molecule has 0 bridgehead atoms. The molecule has 2 N–H and O–H groups in total. The number of carbonyl (C=O) groups is 1. The van der Waals surface area contributed by atoms with Crippen molar-refractivity contribution >= 4 is 38.9 Å². The van der Waals surface area contributed by atoms with Crippen molar-refractivity contribution < 1.29 is 30.8 Å². The number of hydrogen-bond acceptors (Lipinski definition) is 5. The van der Waals surface area contributed by atoms with Gasteiger partial charge in [0, 0.05) is 17.5 Å². The lowest BCUT2D eigenvalue weighted by molar-refractivity contribution is -0.137. The van der Waals surface area contributed by atoms with Crippen molar-refractivity contribution in [3.63, 3.8) is 0 Å². The van der Waals surface area contributed by atoms with Crippen LogP contribution in [0.4, 0.5) is 18.9 Å². The lowest BCUT2D eigenvalue weighted by Gasteiger charge is -2.14. The van der Waals surface area contributed by atoms with Gasteiger partial charge in [0.1, 0.15) is 5.76 Å². The van der Waals surface area contributed by atoms with Gasteiger partial charge >= 0.3 is 6.18 Å². The molecule has 7 nitrogen and oxygen atoms in total. The fourth-order valence-electron chi connectivity index (χ4n) is 3.74. The van der Waals surface area contributed by atoms with E-state index in [-0.39, 0.29) is 21.4 Å². The average Bonchev–Trinajstić information content (AvgIpc) is 3.16. The molecule has 1 aromatic heterocycles. The summed E-state index contributed by atoms with van der Waals surface area (Å²) in [4.78, 5) is 15.1. The molecule has 1 amide bonds. The predicted molar refractivity (Wildman–Crippen MR) is 124 cm³/mol. The summed E-state index contributed by atoms with van der Waals surface area (Å²) >= 11 is 5.98. The number of halogens is 4. The minimum atomic E-state index is -4.61. The Labute approximate surface area is 204 Å². The Kier molecular flexibility index (Phi) is 6.65. The second-order valence-corrected chi connectivity index (χ2v) is 9.89. The Bertz CT molecular complexity index is 1420. The van der Waals surface area contributed by atoms with Crippen LogP contribution in [0.1, 0.15) is 45.8 Å². The van der Waals surface area contributed by atoms with Gasteiger partial charge in [-0.25, -0.2) is 0 Å². The highest BCUT2D eigenvalue weighted by Crippen LogP contribution is 2.35. The summed E-state index contributed by atoms with van der Waals surface area (Å²) in [5, 5.41) is 6.38. The Morgan fingerprint density at radius 1 is 1.11 bits per heavy atom. The minimum Gasteiger partial charge on any atom is -0.455 e. The predicted octanol–water partition coefficient (Wildman–Crippen LogP) is 5.53. The van der Waals surface area contributed by atoms with Crippen molar-refractivity contribution in [2.75, 3.05) is 5.32 Å². The summed E-state index contributed by atoms with van der Waals surface area (Å²) in [6.45, 7) is 1.59. The molecule has 0 aliphatic heterocycles. The molecule has 3 aromatic rings. The van der Waals surface area contributed by atoms with Crippen LogP contribution in [0.3, 0.4) is 0 Å². The molecule has 2 aromatic carbocycles. The molecule has 0 saturated heterocycles. The lowest BCUT2D eigenvalue weighted by atomic mass is 9.93. The van der Waals surface area contributed by atoms with Gasteiger partial charge in [-0.05, 0) is 50.1 Å². The summed E-state index contributed by atoms with van der Waals surface area (Å²) in [5.74, 6) is -0.474. The number of carbonyl (C=O) groups excluding carboxylic acids is 1. The van der Waals surface area contributed by atoms with Crippen LogP contribution in [0.2, 0.25) is 5.02 Å². The van der Waals surface area contributed by atoms with Gasteiger partial charge in [-0.1, -0.05) is 29.8 Å². The SMILES string of the molecule is Cc1c(C(=O)Nc2cc(C(F)(F)F)ccc2Cl)oc2c1/C(=N/NS(=O)(=O)c1ccccc1)CCC2. The molecule has 1 aliphatic carbocycles. The maximum Gasteiger partial charge on any atom is 0.416 e. The van der Waals surface area contributed by atoms with Crippen molar-refractivity contribution in [1.82, 2.24) is 4.83 Å².